The largest absolute Gasteiger partial charge is 0.454 e. The first-order chi connectivity index (χ1) is 6.56. The van der Waals surface area contributed by atoms with Crippen LogP contribution in [0.4, 0.5) is 0 Å². The number of ether oxygens (including phenoxy) is 1. The van der Waals surface area contributed by atoms with Crippen molar-refractivity contribution in [3.63, 3.8) is 0 Å². The Balaban J connectivity index is 2.76. The number of nitrogens with zero attached hydrogens (tertiary/aromatic N) is 2. The normalized spacial score (nSPS) is 17.1. The lowest BCUT2D eigenvalue weighted by molar-refractivity contribution is -0.140. The van der Waals surface area contributed by atoms with E-state index in [0.717, 1.165) is 6.08 Å². The third-order valence-corrected chi connectivity index (χ3v) is 1.78. The van der Waals surface area contributed by atoms with E-state index in [1.54, 1.807) is 13.8 Å². The highest BCUT2D eigenvalue weighted by atomic mass is 16.5. The van der Waals surface area contributed by atoms with Gasteiger partial charge in [0.2, 0.25) is 0 Å². The summed E-state index contributed by atoms with van der Waals surface area (Å²) >= 11 is 0. The van der Waals surface area contributed by atoms with Gasteiger partial charge in [-0.05, 0) is 13.8 Å². The fraction of sp³-hybridized carbons (Fsp3) is 0.333. The molecule has 5 heteroatoms. The summed E-state index contributed by atoms with van der Waals surface area (Å²) in [5, 5.41) is 6.94. The van der Waals surface area contributed by atoms with Crippen LogP contribution in [0.1, 0.15) is 13.8 Å². The van der Waals surface area contributed by atoms with Crippen LogP contribution in [0, 0.1) is 0 Å². The maximum Gasteiger partial charge on any atom is 0.330 e. The zero-order chi connectivity index (χ0) is 10.7. The molecule has 74 valence electrons. The van der Waals surface area contributed by atoms with Crippen molar-refractivity contribution in [3.05, 3.63) is 23.9 Å². The molecule has 0 spiro atoms. The van der Waals surface area contributed by atoms with E-state index in [4.69, 9.17) is 4.74 Å². The van der Waals surface area contributed by atoms with E-state index in [9.17, 15) is 9.59 Å². The van der Waals surface area contributed by atoms with E-state index in [2.05, 4.69) is 16.8 Å². The predicted molar refractivity (Wildman–Crippen MR) is 48.3 cm³/mol. The molecule has 5 nitrogen and oxygen atoms in total. The molecule has 1 amide bonds. The standard InChI is InChI=1S/C9H10N2O3/c1-4-7(12)14-6(3)8-5(2)10-11-9(8)13/h4,6H,1H2,2-3H3. The Kier molecular flexibility index (Phi) is 2.91. The van der Waals surface area contributed by atoms with Gasteiger partial charge in [-0.15, -0.1) is 5.11 Å². The molecule has 0 bridgehead atoms. The number of azo groups is 1. The maximum absolute atomic E-state index is 11.2. The van der Waals surface area contributed by atoms with Crippen molar-refractivity contribution < 1.29 is 14.3 Å². The van der Waals surface area contributed by atoms with Crippen LogP contribution in [0.25, 0.3) is 0 Å². The Bertz CT molecular complexity index is 355. The van der Waals surface area contributed by atoms with Crippen LogP contribution in [0.3, 0.4) is 0 Å². The van der Waals surface area contributed by atoms with Crippen molar-refractivity contribution in [3.8, 4) is 0 Å². The summed E-state index contributed by atoms with van der Waals surface area (Å²) in [5.41, 5.74) is 0.805. The molecule has 0 saturated carbocycles. The molecular formula is C9H10N2O3. The Morgan fingerprint density at radius 3 is 2.64 bits per heavy atom. The topological polar surface area (TPSA) is 68.1 Å². The van der Waals surface area contributed by atoms with E-state index < -0.39 is 18.0 Å². The second-order valence-electron chi connectivity index (χ2n) is 2.79. The lowest BCUT2D eigenvalue weighted by atomic mass is 10.1. The lowest BCUT2D eigenvalue weighted by Crippen LogP contribution is -2.19. The van der Waals surface area contributed by atoms with Crippen molar-refractivity contribution in [1.82, 2.24) is 0 Å². The SMILES string of the molecule is C=CC(=O)OC(C)C1=C(C)N=NC1=O. The summed E-state index contributed by atoms with van der Waals surface area (Å²) < 4.78 is 4.87. The minimum absolute atomic E-state index is 0.320. The van der Waals surface area contributed by atoms with E-state index in [1.165, 1.54) is 0 Å². The minimum atomic E-state index is -0.636. The van der Waals surface area contributed by atoms with Gasteiger partial charge in [0.1, 0.15) is 6.10 Å². The van der Waals surface area contributed by atoms with Gasteiger partial charge in [0.15, 0.2) is 0 Å². The molecule has 1 aliphatic heterocycles. The number of esters is 1. The van der Waals surface area contributed by atoms with E-state index in [-0.39, 0.29) is 0 Å². The fourth-order valence-electron chi connectivity index (χ4n) is 1.13. The third-order valence-electron chi connectivity index (χ3n) is 1.78. The second kappa shape index (κ2) is 3.95. The first-order valence-corrected chi connectivity index (χ1v) is 4.06. The Morgan fingerprint density at radius 2 is 2.21 bits per heavy atom. The molecule has 0 aromatic heterocycles. The molecule has 1 atom stereocenters. The van der Waals surface area contributed by atoms with Crippen molar-refractivity contribution >= 4 is 11.9 Å². The molecule has 1 heterocycles. The van der Waals surface area contributed by atoms with E-state index in [1.807, 2.05) is 0 Å². The number of hydrogen-bond donors (Lipinski definition) is 0. The van der Waals surface area contributed by atoms with Crippen molar-refractivity contribution in [2.24, 2.45) is 10.2 Å². The zero-order valence-electron chi connectivity index (χ0n) is 7.98. The average Bonchev–Trinajstić information content (AvgIpc) is 2.46. The molecule has 0 aromatic carbocycles. The summed E-state index contributed by atoms with van der Waals surface area (Å²) in [6.45, 7) is 6.49. The van der Waals surface area contributed by atoms with Gasteiger partial charge in [0, 0.05) is 6.08 Å². The summed E-state index contributed by atoms with van der Waals surface area (Å²) in [5.74, 6) is -1.02. The number of amides is 1. The van der Waals surface area contributed by atoms with Crippen LogP contribution >= 0.6 is 0 Å². The van der Waals surface area contributed by atoms with Crippen molar-refractivity contribution in [1.29, 1.82) is 0 Å². The van der Waals surface area contributed by atoms with Gasteiger partial charge in [0.25, 0.3) is 5.91 Å². The molecule has 0 radical (unpaired) electrons. The summed E-state index contributed by atoms with van der Waals surface area (Å²) in [6, 6.07) is 0. The Hall–Kier alpha value is -1.78. The molecule has 0 saturated heterocycles. The number of rotatable bonds is 3. The highest BCUT2D eigenvalue weighted by Crippen LogP contribution is 2.21. The van der Waals surface area contributed by atoms with Gasteiger partial charge in [-0.25, -0.2) is 4.79 Å². The number of hydrogen-bond acceptors (Lipinski definition) is 4. The molecule has 1 unspecified atom stereocenters. The van der Waals surface area contributed by atoms with Crippen LogP contribution in [-0.4, -0.2) is 18.0 Å². The van der Waals surface area contributed by atoms with Gasteiger partial charge in [-0.2, -0.15) is 5.11 Å². The fourth-order valence-corrected chi connectivity index (χ4v) is 1.13. The lowest BCUT2D eigenvalue weighted by Gasteiger charge is -2.11. The molecule has 1 rings (SSSR count). The van der Waals surface area contributed by atoms with E-state index in [0.29, 0.717) is 11.3 Å². The molecule has 1 aliphatic rings. The third kappa shape index (κ3) is 1.93. The highest BCUT2D eigenvalue weighted by molar-refractivity contribution is 5.97. The second-order valence-corrected chi connectivity index (χ2v) is 2.79. The minimum Gasteiger partial charge on any atom is -0.454 e. The zero-order valence-corrected chi connectivity index (χ0v) is 7.98. The predicted octanol–water partition coefficient (Wildman–Crippen LogP) is 1.37. The average molecular weight is 194 g/mol. The quantitative estimate of drug-likeness (QED) is 0.503. The Labute approximate surface area is 81.2 Å². The van der Waals surface area contributed by atoms with Crippen LogP contribution in [0.2, 0.25) is 0 Å². The first kappa shape index (κ1) is 10.3. The molecule has 14 heavy (non-hydrogen) atoms. The molecule has 0 fully saturated rings. The first-order valence-electron chi connectivity index (χ1n) is 4.06. The number of allylic oxidation sites excluding steroid dienone is 1. The summed E-state index contributed by atoms with van der Waals surface area (Å²) in [6.07, 6.45) is 0.406. The van der Waals surface area contributed by atoms with Gasteiger partial charge in [0.05, 0.1) is 11.3 Å². The Morgan fingerprint density at radius 1 is 1.57 bits per heavy atom. The highest BCUT2D eigenvalue weighted by Gasteiger charge is 2.26. The molecule has 0 aliphatic carbocycles. The molecular weight excluding hydrogens is 184 g/mol. The van der Waals surface area contributed by atoms with Crippen LogP contribution in [-0.2, 0) is 14.3 Å². The van der Waals surface area contributed by atoms with Gasteiger partial charge < -0.3 is 4.74 Å². The molecule has 0 aromatic rings. The number of carbonyl (C=O) groups is 2. The van der Waals surface area contributed by atoms with Crippen LogP contribution in [0.15, 0.2) is 34.2 Å². The van der Waals surface area contributed by atoms with Crippen LogP contribution < -0.4 is 0 Å². The van der Waals surface area contributed by atoms with Crippen molar-refractivity contribution in [2.45, 2.75) is 20.0 Å². The van der Waals surface area contributed by atoms with Gasteiger partial charge >= 0.3 is 5.97 Å². The van der Waals surface area contributed by atoms with Gasteiger partial charge in [-0.3, -0.25) is 4.79 Å². The van der Waals surface area contributed by atoms with Crippen LogP contribution in [0.5, 0.6) is 0 Å². The summed E-state index contributed by atoms with van der Waals surface area (Å²) in [4.78, 5) is 22.0. The monoisotopic (exact) mass is 194 g/mol. The summed E-state index contributed by atoms with van der Waals surface area (Å²) in [7, 11) is 0. The maximum atomic E-state index is 11.2. The smallest absolute Gasteiger partial charge is 0.330 e. The van der Waals surface area contributed by atoms with Gasteiger partial charge in [-0.1, -0.05) is 6.58 Å². The van der Waals surface area contributed by atoms with E-state index >= 15 is 0 Å². The van der Waals surface area contributed by atoms with Crippen molar-refractivity contribution in [2.75, 3.05) is 0 Å². The molecule has 0 N–H and O–H groups in total. The number of carbonyl (C=O) groups excluding carboxylic acids is 2.